The third-order valence-corrected chi connectivity index (χ3v) is 5.82. The molecule has 3 heterocycles. The molecule has 0 aliphatic carbocycles. The molecule has 1 aliphatic rings. The highest BCUT2D eigenvalue weighted by atomic mass is 127. The van der Waals surface area contributed by atoms with Crippen molar-refractivity contribution in [3.63, 3.8) is 0 Å². The van der Waals surface area contributed by atoms with E-state index in [0.717, 1.165) is 57.2 Å². The summed E-state index contributed by atoms with van der Waals surface area (Å²) in [6, 6.07) is 8.20. The molecule has 3 rings (SSSR count). The summed E-state index contributed by atoms with van der Waals surface area (Å²) in [5.74, 6) is 1.83. The molecule has 0 spiro atoms. The van der Waals surface area contributed by atoms with Crippen molar-refractivity contribution in [2.24, 2.45) is 4.99 Å². The molecule has 27 heavy (non-hydrogen) atoms. The Morgan fingerprint density at radius 2 is 2.19 bits per heavy atom. The van der Waals surface area contributed by atoms with Crippen molar-refractivity contribution in [2.75, 3.05) is 26.2 Å². The zero-order chi connectivity index (χ0) is 18.2. The molecule has 2 aromatic rings. The monoisotopic (exact) mass is 503 g/mol. The van der Waals surface area contributed by atoms with Gasteiger partial charge in [-0.15, -0.1) is 35.3 Å². The first kappa shape index (κ1) is 22.2. The van der Waals surface area contributed by atoms with E-state index < -0.39 is 0 Å². The average Bonchev–Trinajstić information content (AvgIpc) is 3.40. The van der Waals surface area contributed by atoms with Gasteiger partial charge in [-0.1, -0.05) is 19.9 Å². The van der Waals surface area contributed by atoms with Crippen LogP contribution in [0.4, 0.5) is 0 Å². The number of aliphatic imine (C=N–C) groups is 1. The van der Waals surface area contributed by atoms with Crippen LogP contribution in [0.15, 0.2) is 45.3 Å². The Hall–Kier alpha value is -1.06. The Labute approximate surface area is 183 Å². The summed E-state index contributed by atoms with van der Waals surface area (Å²) in [4.78, 5) is 6.20. The van der Waals surface area contributed by atoms with Gasteiger partial charge in [0.1, 0.15) is 5.76 Å². The number of ether oxygens (including phenoxy) is 1. The van der Waals surface area contributed by atoms with Gasteiger partial charge >= 0.3 is 0 Å². The Balaban J connectivity index is 0.00000261. The number of halogens is 1. The van der Waals surface area contributed by atoms with Crippen LogP contribution in [-0.2, 0) is 16.6 Å². The number of thiophene rings is 1. The molecule has 2 N–H and O–H groups in total. The predicted molar refractivity (Wildman–Crippen MR) is 122 cm³/mol. The first-order valence-corrected chi connectivity index (χ1v) is 10.2. The molecule has 0 amide bonds. The largest absolute Gasteiger partial charge is 0.469 e. The van der Waals surface area contributed by atoms with E-state index in [1.165, 1.54) is 4.88 Å². The Morgan fingerprint density at radius 3 is 2.85 bits per heavy atom. The van der Waals surface area contributed by atoms with E-state index in [2.05, 4.69) is 42.0 Å². The van der Waals surface area contributed by atoms with Crippen molar-refractivity contribution < 1.29 is 9.15 Å². The summed E-state index contributed by atoms with van der Waals surface area (Å²) >= 11 is 1.79. The van der Waals surface area contributed by atoms with Gasteiger partial charge in [0.25, 0.3) is 0 Å². The van der Waals surface area contributed by atoms with E-state index >= 15 is 0 Å². The Bertz CT molecular complexity index is 665. The van der Waals surface area contributed by atoms with Crippen LogP contribution in [0.3, 0.4) is 0 Å². The standard InChI is InChI=1S/C20H29N3O2S.HI/c1-20(2,18-8-5-13-26-18)15-23-19(22-14-17-7-4-12-25-17)21-10-9-16-6-3-11-24-16;/h3,5-6,8,11,13,17H,4,7,9-10,12,14-15H2,1-2H3,(H2,21,22,23);1H. The van der Waals surface area contributed by atoms with Gasteiger partial charge in [-0.25, -0.2) is 0 Å². The summed E-state index contributed by atoms with van der Waals surface area (Å²) in [7, 11) is 0. The number of rotatable bonds is 8. The normalized spacial score (nSPS) is 17.6. The van der Waals surface area contributed by atoms with Crippen LogP contribution in [0, 0.1) is 0 Å². The quantitative estimate of drug-likeness (QED) is 0.322. The molecule has 0 aromatic carbocycles. The van der Waals surface area contributed by atoms with Crippen molar-refractivity contribution in [1.82, 2.24) is 10.6 Å². The molecule has 2 aromatic heterocycles. The highest BCUT2D eigenvalue weighted by molar-refractivity contribution is 14.0. The van der Waals surface area contributed by atoms with Gasteiger partial charge < -0.3 is 19.8 Å². The summed E-state index contributed by atoms with van der Waals surface area (Å²) in [5, 5.41) is 9.00. The van der Waals surface area contributed by atoms with E-state index in [-0.39, 0.29) is 35.5 Å². The van der Waals surface area contributed by atoms with Crippen molar-refractivity contribution in [3.05, 3.63) is 46.5 Å². The molecular formula is C20H30IN3O2S. The SMILES string of the molecule is CC(C)(CN=C(NCCc1ccco1)NCC1CCCO1)c1cccs1.I. The van der Waals surface area contributed by atoms with Crippen molar-refractivity contribution in [1.29, 1.82) is 0 Å². The molecule has 1 fully saturated rings. The van der Waals surface area contributed by atoms with Crippen LogP contribution in [0.2, 0.25) is 0 Å². The zero-order valence-corrected chi connectivity index (χ0v) is 19.2. The molecule has 1 unspecified atom stereocenters. The van der Waals surface area contributed by atoms with E-state index in [1.807, 2.05) is 12.1 Å². The lowest BCUT2D eigenvalue weighted by atomic mass is 9.92. The topological polar surface area (TPSA) is 58.8 Å². The van der Waals surface area contributed by atoms with E-state index in [4.69, 9.17) is 14.1 Å². The predicted octanol–water partition coefficient (Wildman–Crippen LogP) is 4.19. The minimum absolute atomic E-state index is 0. The van der Waals surface area contributed by atoms with Gasteiger partial charge in [0.2, 0.25) is 0 Å². The number of nitrogens with zero attached hydrogens (tertiary/aromatic N) is 1. The van der Waals surface area contributed by atoms with Crippen LogP contribution in [-0.4, -0.2) is 38.3 Å². The minimum Gasteiger partial charge on any atom is -0.469 e. The maximum absolute atomic E-state index is 5.71. The van der Waals surface area contributed by atoms with E-state index in [0.29, 0.717) is 0 Å². The van der Waals surface area contributed by atoms with Crippen molar-refractivity contribution in [3.8, 4) is 0 Å². The Morgan fingerprint density at radius 1 is 1.30 bits per heavy atom. The zero-order valence-electron chi connectivity index (χ0n) is 16.1. The number of furan rings is 1. The van der Waals surface area contributed by atoms with Crippen molar-refractivity contribution >= 4 is 41.3 Å². The van der Waals surface area contributed by atoms with Crippen LogP contribution in [0.5, 0.6) is 0 Å². The Kier molecular flexibility index (Phi) is 9.11. The second-order valence-electron chi connectivity index (χ2n) is 7.30. The summed E-state index contributed by atoms with van der Waals surface area (Å²) < 4.78 is 11.1. The number of hydrogen-bond donors (Lipinski definition) is 2. The van der Waals surface area contributed by atoms with Gasteiger partial charge in [0.15, 0.2) is 5.96 Å². The maximum atomic E-state index is 5.71. The number of hydrogen-bond acceptors (Lipinski definition) is 4. The maximum Gasteiger partial charge on any atom is 0.191 e. The molecule has 7 heteroatoms. The smallest absolute Gasteiger partial charge is 0.191 e. The average molecular weight is 503 g/mol. The van der Waals surface area contributed by atoms with Gasteiger partial charge in [-0.2, -0.15) is 0 Å². The minimum atomic E-state index is 0. The van der Waals surface area contributed by atoms with E-state index in [9.17, 15) is 0 Å². The molecule has 5 nitrogen and oxygen atoms in total. The lowest BCUT2D eigenvalue weighted by molar-refractivity contribution is 0.114. The highest BCUT2D eigenvalue weighted by Gasteiger charge is 2.22. The van der Waals surface area contributed by atoms with Crippen molar-refractivity contribution in [2.45, 2.75) is 44.6 Å². The van der Waals surface area contributed by atoms with Gasteiger partial charge in [0, 0.05) is 36.4 Å². The van der Waals surface area contributed by atoms with Crippen LogP contribution < -0.4 is 10.6 Å². The molecular weight excluding hydrogens is 473 g/mol. The molecule has 1 saturated heterocycles. The lowest BCUT2D eigenvalue weighted by Crippen LogP contribution is -2.42. The molecule has 0 bridgehead atoms. The van der Waals surface area contributed by atoms with Gasteiger partial charge in [0.05, 0.1) is 18.9 Å². The third-order valence-electron chi connectivity index (χ3n) is 4.59. The van der Waals surface area contributed by atoms with E-state index in [1.54, 1.807) is 17.6 Å². The molecule has 1 atom stereocenters. The summed E-state index contributed by atoms with van der Waals surface area (Å²) in [5.41, 5.74) is 0.0215. The van der Waals surface area contributed by atoms with Crippen LogP contribution in [0.1, 0.15) is 37.3 Å². The second kappa shape index (κ2) is 11.1. The first-order valence-electron chi connectivity index (χ1n) is 9.34. The fourth-order valence-electron chi connectivity index (χ4n) is 2.97. The summed E-state index contributed by atoms with van der Waals surface area (Å²) in [6.45, 7) is 7.66. The molecule has 0 saturated carbocycles. The molecule has 150 valence electrons. The molecule has 1 aliphatic heterocycles. The second-order valence-corrected chi connectivity index (χ2v) is 8.25. The fraction of sp³-hybridized carbons (Fsp3) is 0.550. The lowest BCUT2D eigenvalue weighted by Gasteiger charge is -2.22. The fourth-order valence-corrected chi connectivity index (χ4v) is 3.81. The number of nitrogens with one attached hydrogen (secondary N) is 2. The van der Waals surface area contributed by atoms with Crippen LogP contribution >= 0.6 is 35.3 Å². The first-order chi connectivity index (χ1) is 12.6. The van der Waals surface area contributed by atoms with Gasteiger partial charge in [-0.05, 0) is 36.4 Å². The summed E-state index contributed by atoms with van der Waals surface area (Å²) in [6.07, 6.45) is 5.10. The highest BCUT2D eigenvalue weighted by Crippen LogP contribution is 2.27. The molecule has 0 radical (unpaired) electrons. The van der Waals surface area contributed by atoms with Crippen LogP contribution in [0.25, 0.3) is 0 Å². The third kappa shape index (κ3) is 7.12. The number of guanidine groups is 1. The van der Waals surface area contributed by atoms with Gasteiger partial charge in [-0.3, -0.25) is 4.99 Å².